The van der Waals surface area contributed by atoms with E-state index in [0.717, 1.165) is 83.3 Å². The van der Waals surface area contributed by atoms with Gasteiger partial charge in [-0.1, -0.05) is 17.7 Å². The summed E-state index contributed by atoms with van der Waals surface area (Å²) in [5, 5.41) is 7.14. The summed E-state index contributed by atoms with van der Waals surface area (Å²) in [7, 11) is 0. The maximum Gasteiger partial charge on any atom is 0.191 e. The van der Waals surface area contributed by atoms with Crippen LogP contribution >= 0.6 is 11.6 Å². The Bertz CT molecular complexity index is 519. The first-order valence-corrected chi connectivity index (χ1v) is 9.94. The van der Waals surface area contributed by atoms with Crippen molar-refractivity contribution in [3.05, 3.63) is 29.0 Å². The predicted octanol–water partition coefficient (Wildman–Crippen LogP) is 2.67. The van der Waals surface area contributed by atoms with Crippen LogP contribution in [0.4, 0.5) is 0 Å². The third kappa shape index (κ3) is 8.83. The Kier molecular flexibility index (Phi) is 10.4. The highest BCUT2D eigenvalue weighted by Gasteiger charge is 2.13. The van der Waals surface area contributed by atoms with Crippen LogP contribution in [0, 0.1) is 5.92 Å². The Labute approximate surface area is 161 Å². The quantitative estimate of drug-likeness (QED) is 0.282. The molecular formula is C19H31ClN4O2. The minimum absolute atomic E-state index is 0.524. The number of nitrogens with zero attached hydrogens (tertiary/aromatic N) is 2. The van der Waals surface area contributed by atoms with Gasteiger partial charge in [-0.3, -0.25) is 4.99 Å². The molecule has 6 nitrogen and oxygen atoms in total. The number of hydrogen-bond donors (Lipinski definition) is 2. The minimum atomic E-state index is 0.524. The summed E-state index contributed by atoms with van der Waals surface area (Å²) in [5.41, 5.74) is 1.15. The summed E-state index contributed by atoms with van der Waals surface area (Å²) >= 11 is 5.80. The van der Waals surface area contributed by atoms with E-state index in [2.05, 4.69) is 27.5 Å². The second kappa shape index (κ2) is 12.9. The average Bonchev–Trinajstić information content (AvgIpc) is 2.67. The van der Waals surface area contributed by atoms with Crippen LogP contribution in [0.25, 0.3) is 0 Å². The van der Waals surface area contributed by atoms with Gasteiger partial charge in [0.15, 0.2) is 5.96 Å². The molecule has 0 spiro atoms. The van der Waals surface area contributed by atoms with Gasteiger partial charge >= 0.3 is 0 Å². The van der Waals surface area contributed by atoms with Crippen LogP contribution in [0.1, 0.15) is 31.7 Å². The molecule has 0 unspecified atom stereocenters. The smallest absolute Gasteiger partial charge is 0.191 e. The lowest BCUT2D eigenvalue weighted by molar-refractivity contribution is 0.0205. The monoisotopic (exact) mass is 382 g/mol. The molecular weight excluding hydrogens is 352 g/mol. The zero-order valence-electron chi connectivity index (χ0n) is 15.7. The molecule has 0 aromatic carbocycles. The molecule has 26 heavy (non-hydrogen) atoms. The van der Waals surface area contributed by atoms with Crippen LogP contribution < -0.4 is 10.6 Å². The fourth-order valence-electron chi connectivity index (χ4n) is 2.74. The normalized spacial score (nSPS) is 15.8. The number of hydrogen-bond acceptors (Lipinski definition) is 4. The molecule has 1 saturated heterocycles. The SMILES string of the molecule is CCNC(=NCCCOCC1CCOCC1)NCCc1ccc(Cl)nc1. The number of rotatable bonds is 10. The van der Waals surface area contributed by atoms with Gasteiger partial charge in [0, 0.05) is 52.3 Å². The zero-order chi connectivity index (χ0) is 18.5. The van der Waals surface area contributed by atoms with Crippen molar-refractivity contribution in [3.8, 4) is 0 Å². The lowest BCUT2D eigenvalue weighted by Gasteiger charge is -2.21. The fraction of sp³-hybridized carbons (Fsp3) is 0.684. The van der Waals surface area contributed by atoms with Gasteiger partial charge in [0.05, 0.1) is 0 Å². The number of nitrogens with one attached hydrogen (secondary N) is 2. The van der Waals surface area contributed by atoms with Crippen molar-refractivity contribution in [3.63, 3.8) is 0 Å². The van der Waals surface area contributed by atoms with Crippen molar-refractivity contribution in [1.82, 2.24) is 15.6 Å². The molecule has 1 aliphatic rings. The molecule has 0 atom stereocenters. The van der Waals surface area contributed by atoms with Crippen molar-refractivity contribution in [2.75, 3.05) is 46.1 Å². The molecule has 2 heterocycles. The molecule has 1 aromatic heterocycles. The van der Waals surface area contributed by atoms with E-state index in [1.165, 1.54) is 0 Å². The summed E-state index contributed by atoms with van der Waals surface area (Å²) in [5.74, 6) is 1.51. The maximum absolute atomic E-state index is 5.80. The number of aromatic nitrogens is 1. The molecule has 1 aliphatic heterocycles. The number of pyridine rings is 1. The van der Waals surface area contributed by atoms with Crippen LogP contribution in [0.3, 0.4) is 0 Å². The van der Waals surface area contributed by atoms with Gasteiger partial charge in [0.25, 0.3) is 0 Å². The number of ether oxygens (including phenoxy) is 2. The fourth-order valence-corrected chi connectivity index (χ4v) is 2.85. The van der Waals surface area contributed by atoms with Gasteiger partial charge in [-0.05, 0) is 50.2 Å². The highest BCUT2D eigenvalue weighted by atomic mass is 35.5. The van der Waals surface area contributed by atoms with Gasteiger partial charge in [0.2, 0.25) is 0 Å². The molecule has 1 aromatic rings. The average molecular weight is 383 g/mol. The van der Waals surface area contributed by atoms with Gasteiger partial charge in [0.1, 0.15) is 5.15 Å². The summed E-state index contributed by atoms with van der Waals surface area (Å²) in [6.07, 6.45) is 5.86. The first-order valence-electron chi connectivity index (χ1n) is 9.56. The number of aliphatic imine (C=N–C) groups is 1. The predicted molar refractivity (Wildman–Crippen MR) is 106 cm³/mol. The molecule has 146 valence electrons. The minimum Gasteiger partial charge on any atom is -0.381 e. The van der Waals surface area contributed by atoms with Gasteiger partial charge in [-0.2, -0.15) is 0 Å². The van der Waals surface area contributed by atoms with E-state index in [1.807, 2.05) is 18.3 Å². The lowest BCUT2D eigenvalue weighted by Crippen LogP contribution is -2.38. The van der Waals surface area contributed by atoms with E-state index < -0.39 is 0 Å². The van der Waals surface area contributed by atoms with E-state index in [-0.39, 0.29) is 0 Å². The third-order valence-electron chi connectivity index (χ3n) is 4.25. The van der Waals surface area contributed by atoms with Crippen molar-refractivity contribution >= 4 is 17.6 Å². The molecule has 2 N–H and O–H groups in total. The Morgan fingerprint density at radius 2 is 2.19 bits per heavy atom. The second-order valence-electron chi connectivity index (χ2n) is 6.41. The molecule has 0 saturated carbocycles. The van der Waals surface area contributed by atoms with E-state index in [1.54, 1.807) is 0 Å². The first-order chi connectivity index (χ1) is 12.8. The van der Waals surface area contributed by atoms with Crippen molar-refractivity contribution < 1.29 is 9.47 Å². The summed E-state index contributed by atoms with van der Waals surface area (Å²) in [4.78, 5) is 8.70. The third-order valence-corrected chi connectivity index (χ3v) is 4.47. The molecule has 7 heteroatoms. The van der Waals surface area contributed by atoms with Crippen molar-refractivity contribution in [1.29, 1.82) is 0 Å². The molecule has 0 bridgehead atoms. The van der Waals surface area contributed by atoms with Gasteiger partial charge < -0.3 is 20.1 Å². The summed E-state index contributed by atoms with van der Waals surface area (Å²) < 4.78 is 11.1. The molecule has 2 rings (SSSR count). The molecule has 0 aliphatic carbocycles. The van der Waals surface area contributed by atoms with Gasteiger partial charge in [-0.15, -0.1) is 0 Å². The Hall–Kier alpha value is -1.37. The molecule has 0 radical (unpaired) electrons. The van der Waals surface area contributed by atoms with Gasteiger partial charge in [-0.25, -0.2) is 4.98 Å². The van der Waals surface area contributed by atoms with Crippen LogP contribution in [0.2, 0.25) is 5.15 Å². The Morgan fingerprint density at radius 3 is 2.92 bits per heavy atom. The highest BCUT2D eigenvalue weighted by molar-refractivity contribution is 6.29. The zero-order valence-corrected chi connectivity index (χ0v) is 16.4. The first kappa shape index (κ1) is 20.9. The Balaban J connectivity index is 1.58. The summed E-state index contributed by atoms with van der Waals surface area (Å²) in [6.45, 7) is 7.83. The van der Waals surface area contributed by atoms with E-state index in [9.17, 15) is 0 Å². The van der Waals surface area contributed by atoms with Crippen LogP contribution in [0.5, 0.6) is 0 Å². The van der Waals surface area contributed by atoms with Crippen LogP contribution in [0.15, 0.2) is 23.3 Å². The van der Waals surface area contributed by atoms with E-state index in [4.69, 9.17) is 21.1 Å². The topological polar surface area (TPSA) is 67.8 Å². The maximum atomic E-state index is 5.80. The van der Waals surface area contributed by atoms with E-state index in [0.29, 0.717) is 11.1 Å². The lowest BCUT2D eigenvalue weighted by atomic mass is 10.0. The largest absolute Gasteiger partial charge is 0.381 e. The number of guanidine groups is 1. The van der Waals surface area contributed by atoms with Crippen LogP contribution in [-0.4, -0.2) is 57.0 Å². The summed E-state index contributed by atoms with van der Waals surface area (Å²) in [6, 6.07) is 3.81. The second-order valence-corrected chi connectivity index (χ2v) is 6.80. The number of halogens is 1. The standard InChI is InChI=1S/C19H31ClN4O2/c1-2-21-19(23-10-6-16-4-5-18(20)24-14-16)22-9-3-11-26-15-17-7-12-25-13-8-17/h4-5,14,17H,2-3,6-13,15H2,1H3,(H2,21,22,23). The van der Waals surface area contributed by atoms with Crippen LogP contribution in [-0.2, 0) is 15.9 Å². The van der Waals surface area contributed by atoms with Crippen molar-refractivity contribution in [2.45, 2.75) is 32.6 Å². The molecule has 0 amide bonds. The highest BCUT2D eigenvalue weighted by Crippen LogP contribution is 2.14. The molecule has 1 fully saturated rings. The van der Waals surface area contributed by atoms with Crippen molar-refractivity contribution in [2.24, 2.45) is 10.9 Å². The van der Waals surface area contributed by atoms with E-state index >= 15 is 0 Å². The Morgan fingerprint density at radius 1 is 1.35 bits per heavy atom.